The Hall–Kier alpha value is -4.43. The SMILES string of the molecule is COc1ccc(C=C(C#N)c2cc(OC)c(OC)c(OC)c2)cc1N.NC(=O)C[C@H](N)C(N)=O. The first-order valence-corrected chi connectivity index (χ1v) is 9.80. The second-order valence-corrected chi connectivity index (χ2v) is 6.76. The number of allylic oxidation sites excluding steroid dienone is 1. The van der Waals surface area contributed by atoms with Gasteiger partial charge in [0.05, 0.1) is 58.2 Å². The summed E-state index contributed by atoms with van der Waals surface area (Å²) >= 11 is 0. The van der Waals surface area contributed by atoms with Crippen molar-refractivity contribution in [1.29, 1.82) is 5.26 Å². The molecule has 1 atom stereocenters. The molecule has 0 heterocycles. The summed E-state index contributed by atoms with van der Waals surface area (Å²) in [4.78, 5) is 20.2. The molecule has 2 rings (SSSR count). The quantitative estimate of drug-likeness (QED) is 0.234. The van der Waals surface area contributed by atoms with Gasteiger partial charge in [0.2, 0.25) is 17.6 Å². The lowest BCUT2D eigenvalue weighted by molar-refractivity contribution is -0.124. The molecule has 8 N–H and O–H groups in total. The van der Waals surface area contributed by atoms with Crippen molar-refractivity contribution in [2.75, 3.05) is 34.2 Å². The summed E-state index contributed by atoms with van der Waals surface area (Å²) in [5.41, 5.74) is 22.7. The highest BCUT2D eigenvalue weighted by Gasteiger charge is 2.15. The fourth-order valence-corrected chi connectivity index (χ4v) is 2.74. The Morgan fingerprint density at radius 1 is 0.971 bits per heavy atom. The third kappa shape index (κ3) is 7.61. The molecule has 0 aliphatic heterocycles. The maximum Gasteiger partial charge on any atom is 0.234 e. The molecule has 2 aromatic carbocycles. The highest BCUT2D eigenvalue weighted by Crippen LogP contribution is 2.40. The molecule has 182 valence electrons. The van der Waals surface area contributed by atoms with E-state index in [0.29, 0.717) is 39.8 Å². The van der Waals surface area contributed by atoms with Crippen LogP contribution in [-0.2, 0) is 9.59 Å². The minimum absolute atomic E-state index is 0.185. The maximum absolute atomic E-state index is 10.1. The van der Waals surface area contributed by atoms with Crippen molar-refractivity contribution >= 4 is 29.2 Å². The molecule has 0 saturated heterocycles. The molecular weight excluding hydrogens is 442 g/mol. The average molecular weight is 472 g/mol. The van der Waals surface area contributed by atoms with Crippen LogP contribution in [0.15, 0.2) is 30.3 Å². The zero-order valence-electron chi connectivity index (χ0n) is 19.5. The number of hydrogen-bond acceptors (Lipinski definition) is 9. The Balaban J connectivity index is 0.000000546. The van der Waals surface area contributed by atoms with Gasteiger partial charge in [-0.3, -0.25) is 9.59 Å². The van der Waals surface area contributed by atoms with Crippen LogP contribution in [0.3, 0.4) is 0 Å². The molecule has 0 aliphatic carbocycles. The molecule has 34 heavy (non-hydrogen) atoms. The Kier molecular flexibility index (Phi) is 10.7. The van der Waals surface area contributed by atoms with E-state index < -0.39 is 17.9 Å². The lowest BCUT2D eigenvalue weighted by Gasteiger charge is -2.14. The number of methoxy groups -OCH3 is 4. The zero-order valence-corrected chi connectivity index (χ0v) is 19.5. The molecule has 2 aromatic rings. The summed E-state index contributed by atoms with van der Waals surface area (Å²) in [6.45, 7) is 0. The smallest absolute Gasteiger partial charge is 0.234 e. The largest absolute Gasteiger partial charge is 0.495 e. The van der Waals surface area contributed by atoms with E-state index in [1.807, 2.05) is 6.07 Å². The summed E-state index contributed by atoms with van der Waals surface area (Å²) in [5.74, 6) is 0.678. The van der Waals surface area contributed by atoms with E-state index >= 15 is 0 Å². The number of hydrogen-bond donors (Lipinski definition) is 4. The van der Waals surface area contributed by atoms with Gasteiger partial charge in [0.1, 0.15) is 5.75 Å². The second-order valence-electron chi connectivity index (χ2n) is 6.76. The van der Waals surface area contributed by atoms with E-state index in [9.17, 15) is 14.9 Å². The van der Waals surface area contributed by atoms with E-state index in [0.717, 1.165) is 5.56 Å². The van der Waals surface area contributed by atoms with Gasteiger partial charge < -0.3 is 41.9 Å². The van der Waals surface area contributed by atoms with Gasteiger partial charge in [-0.25, -0.2) is 0 Å². The number of nitrogen functional groups attached to an aromatic ring is 1. The Labute approximate surface area is 197 Å². The standard InChI is InChI=1S/C19H20N2O4.C4H9N3O2/c1-22-16-6-5-12(8-15(16)21)7-14(11-20)13-9-17(23-2)19(25-4)18(10-13)24-3;5-2(4(7)9)1-3(6)8/h5-10H,21H2,1-4H3;2H,1,5H2,(H2,6,8)(H2,7,9)/t;2-/m.0/s1. The van der Waals surface area contributed by atoms with E-state index in [4.69, 9.17) is 41.9 Å². The second kappa shape index (κ2) is 13.2. The number of carbonyl (C=O) groups is 2. The van der Waals surface area contributed by atoms with Crippen LogP contribution < -0.4 is 41.9 Å². The van der Waals surface area contributed by atoms with Gasteiger partial charge in [0, 0.05) is 0 Å². The van der Waals surface area contributed by atoms with Crippen molar-refractivity contribution in [2.24, 2.45) is 17.2 Å². The number of rotatable bonds is 9. The summed E-state index contributed by atoms with van der Waals surface area (Å²) < 4.78 is 21.1. The Bertz CT molecular complexity index is 1070. The van der Waals surface area contributed by atoms with Gasteiger partial charge in [-0.05, 0) is 41.5 Å². The van der Waals surface area contributed by atoms with E-state index in [1.54, 1.807) is 37.5 Å². The van der Waals surface area contributed by atoms with Crippen molar-refractivity contribution in [2.45, 2.75) is 12.5 Å². The predicted octanol–water partition coefficient (Wildman–Crippen LogP) is 1.04. The van der Waals surface area contributed by atoms with Crippen molar-refractivity contribution in [1.82, 2.24) is 0 Å². The highest BCUT2D eigenvalue weighted by atomic mass is 16.5. The van der Waals surface area contributed by atoms with Crippen LogP contribution in [0.1, 0.15) is 17.5 Å². The molecule has 0 fully saturated rings. The highest BCUT2D eigenvalue weighted by molar-refractivity contribution is 5.91. The number of primary amides is 2. The Morgan fingerprint density at radius 2 is 1.53 bits per heavy atom. The number of carbonyl (C=O) groups excluding carboxylic acids is 2. The number of nitrogens with two attached hydrogens (primary N) is 4. The van der Waals surface area contributed by atoms with Crippen LogP contribution in [-0.4, -0.2) is 46.3 Å². The third-order valence-corrected chi connectivity index (χ3v) is 4.45. The molecule has 0 unspecified atom stereocenters. The third-order valence-electron chi connectivity index (χ3n) is 4.45. The number of ether oxygens (including phenoxy) is 4. The molecular formula is C23H29N5O6. The zero-order chi connectivity index (χ0) is 25.8. The van der Waals surface area contributed by atoms with Crippen LogP contribution in [0, 0.1) is 11.3 Å². The van der Waals surface area contributed by atoms with Crippen LogP contribution in [0.25, 0.3) is 11.6 Å². The van der Waals surface area contributed by atoms with E-state index in [-0.39, 0.29) is 6.42 Å². The van der Waals surface area contributed by atoms with Gasteiger partial charge in [-0.1, -0.05) is 6.07 Å². The molecule has 0 bridgehead atoms. The first kappa shape index (κ1) is 27.6. The Morgan fingerprint density at radius 3 is 1.88 bits per heavy atom. The van der Waals surface area contributed by atoms with E-state index in [2.05, 4.69) is 6.07 Å². The molecule has 0 radical (unpaired) electrons. The van der Waals surface area contributed by atoms with Crippen molar-refractivity contribution in [3.05, 3.63) is 41.5 Å². The topological polar surface area (TPSA) is 199 Å². The number of nitrogens with zero attached hydrogens (tertiary/aromatic N) is 1. The minimum atomic E-state index is -0.942. The molecule has 11 nitrogen and oxygen atoms in total. The number of anilines is 1. The lowest BCUT2D eigenvalue weighted by Crippen LogP contribution is -2.39. The van der Waals surface area contributed by atoms with Crippen LogP contribution in [0.5, 0.6) is 23.0 Å². The van der Waals surface area contributed by atoms with E-state index in [1.165, 1.54) is 21.3 Å². The molecule has 0 spiro atoms. The predicted molar refractivity (Wildman–Crippen MR) is 128 cm³/mol. The maximum atomic E-state index is 10.1. The lowest BCUT2D eigenvalue weighted by atomic mass is 10.0. The molecule has 0 aromatic heterocycles. The van der Waals surface area contributed by atoms with Crippen molar-refractivity contribution < 1.29 is 28.5 Å². The van der Waals surface area contributed by atoms with Gasteiger partial charge >= 0.3 is 0 Å². The monoisotopic (exact) mass is 471 g/mol. The summed E-state index contributed by atoms with van der Waals surface area (Å²) in [7, 11) is 6.14. The first-order valence-electron chi connectivity index (χ1n) is 9.80. The van der Waals surface area contributed by atoms with Crippen molar-refractivity contribution in [3.8, 4) is 29.1 Å². The normalized spacial score (nSPS) is 11.2. The first-order chi connectivity index (χ1) is 16.1. The van der Waals surface area contributed by atoms with Gasteiger partial charge in [-0.15, -0.1) is 0 Å². The summed E-state index contributed by atoms with van der Waals surface area (Å²) in [6, 6.07) is 10.0. The fraction of sp³-hybridized carbons (Fsp3) is 0.261. The van der Waals surface area contributed by atoms with Crippen LogP contribution >= 0.6 is 0 Å². The van der Waals surface area contributed by atoms with Crippen molar-refractivity contribution in [3.63, 3.8) is 0 Å². The fourth-order valence-electron chi connectivity index (χ4n) is 2.74. The van der Waals surface area contributed by atoms with Crippen LogP contribution in [0.4, 0.5) is 5.69 Å². The minimum Gasteiger partial charge on any atom is -0.495 e. The van der Waals surface area contributed by atoms with Crippen LogP contribution in [0.2, 0.25) is 0 Å². The average Bonchev–Trinajstić information content (AvgIpc) is 2.81. The number of benzene rings is 2. The molecule has 2 amide bonds. The van der Waals surface area contributed by atoms with Gasteiger partial charge in [-0.2, -0.15) is 5.26 Å². The van der Waals surface area contributed by atoms with Gasteiger partial charge in [0.15, 0.2) is 11.5 Å². The number of nitriles is 1. The summed E-state index contributed by atoms with van der Waals surface area (Å²) in [6.07, 6.45) is 1.55. The number of amides is 2. The van der Waals surface area contributed by atoms with Gasteiger partial charge in [0.25, 0.3) is 0 Å². The molecule has 0 saturated carbocycles. The molecule has 11 heteroatoms. The molecule has 0 aliphatic rings. The summed E-state index contributed by atoms with van der Waals surface area (Å²) in [5, 5.41) is 9.58.